The van der Waals surface area contributed by atoms with Crippen molar-refractivity contribution in [3.05, 3.63) is 59.7 Å². The molecule has 1 aliphatic carbocycles. The van der Waals surface area contributed by atoms with Crippen molar-refractivity contribution in [2.24, 2.45) is 17.8 Å². The molecule has 0 aromatic heterocycles. The van der Waals surface area contributed by atoms with Gasteiger partial charge >= 0.3 is 0 Å². The second-order valence-electron chi connectivity index (χ2n) is 9.37. The summed E-state index contributed by atoms with van der Waals surface area (Å²) in [6, 6.07) is 14.9. The van der Waals surface area contributed by atoms with Crippen molar-refractivity contribution in [2.45, 2.75) is 65.9 Å². The lowest BCUT2D eigenvalue weighted by Gasteiger charge is -2.29. The SMILES string of the molecule is CC(C)CC1CCC(COc2ccc(C(=O)c3ccc(OC(C)C)cc3)cc2)CC1. The van der Waals surface area contributed by atoms with E-state index in [0.29, 0.717) is 17.0 Å². The average molecular weight is 409 g/mol. The minimum atomic E-state index is 0.0149. The monoisotopic (exact) mass is 408 g/mol. The molecule has 0 N–H and O–H groups in total. The Bertz CT molecular complexity index is 782. The fraction of sp³-hybridized carbons (Fsp3) is 0.519. The fourth-order valence-electron chi connectivity index (χ4n) is 4.34. The van der Waals surface area contributed by atoms with Crippen molar-refractivity contribution in [3.8, 4) is 11.5 Å². The van der Waals surface area contributed by atoms with Gasteiger partial charge in [-0.2, -0.15) is 0 Å². The Kier molecular flexibility index (Phi) is 7.95. The predicted molar refractivity (Wildman–Crippen MR) is 122 cm³/mol. The van der Waals surface area contributed by atoms with Gasteiger partial charge in [-0.25, -0.2) is 0 Å². The first kappa shape index (κ1) is 22.4. The van der Waals surface area contributed by atoms with Crippen molar-refractivity contribution in [2.75, 3.05) is 6.61 Å². The highest BCUT2D eigenvalue weighted by Gasteiger charge is 2.22. The van der Waals surface area contributed by atoms with Crippen LogP contribution in [0.25, 0.3) is 0 Å². The number of carbonyl (C=O) groups is 1. The fourth-order valence-corrected chi connectivity index (χ4v) is 4.34. The molecule has 0 atom stereocenters. The van der Waals surface area contributed by atoms with Crippen molar-refractivity contribution in [3.63, 3.8) is 0 Å². The molecule has 0 heterocycles. The van der Waals surface area contributed by atoms with Gasteiger partial charge in [-0.3, -0.25) is 4.79 Å². The van der Waals surface area contributed by atoms with Crippen molar-refractivity contribution in [1.29, 1.82) is 0 Å². The highest BCUT2D eigenvalue weighted by atomic mass is 16.5. The molecule has 0 saturated heterocycles. The lowest BCUT2D eigenvalue weighted by Crippen LogP contribution is -2.21. The van der Waals surface area contributed by atoms with E-state index in [-0.39, 0.29) is 11.9 Å². The maximum Gasteiger partial charge on any atom is 0.193 e. The van der Waals surface area contributed by atoms with E-state index < -0.39 is 0 Å². The number of hydrogen-bond acceptors (Lipinski definition) is 3. The van der Waals surface area contributed by atoms with E-state index >= 15 is 0 Å². The zero-order chi connectivity index (χ0) is 21.5. The van der Waals surface area contributed by atoms with Crippen LogP contribution in [0, 0.1) is 17.8 Å². The van der Waals surface area contributed by atoms with Crippen molar-refractivity contribution in [1.82, 2.24) is 0 Å². The first-order valence-corrected chi connectivity index (χ1v) is 11.4. The van der Waals surface area contributed by atoms with Crippen LogP contribution in [0.5, 0.6) is 11.5 Å². The third-order valence-corrected chi connectivity index (χ3v) is 5.86. The van der Waals surface area contributed by atoms with Gasteiger partial charge in [0.2, 0.25) is 0 Å². The third kappa shape index (κ3) is 6.62. The lowest BCUT2D eigenvalue weighted by atomic mass is 9.79. The molecule has 3 heteroatoms. The Morgan fingerprint density at radius 2 is 1.30 bits per heavy atom. The van der Waals surface area contributed by atoms with E-state index in [1.54, 1.807) is 0 Å². The number of hydrogen-bond donors (Lipinski definition) is 0. The smallest absolute Gasteiger partial charge is 0.193 e. The van der Waals surface area contributed by atoms with E-state index in [1.807, 2.05) is 62.4 Å². The Morgan fingerprint density at radius 1 is 0.800 bits per heavy atom. The van der Waals surface area contributed by atoms with Crippen LogP contribution in [0.15, 0.2) is 48.5 Å². The molecule has 0 unspecified atom stereocenters. The first-order valence-electron chi connectivity index (χ1n) is 11.4. The third-order valence-electron chi connectivity index (χ3n) is 5.86. The van der Waals surface area contributed by atoms with Crippen LogP contribution < -0.4 is 9.47 Å². The van der Waals surface area contributed by atoms with E-state index in [9.17, 15) is 4.79 Å². The van der Waals surface area contributed by atoms with Gasteiger partial charge in [0.15, 0.2) is 5.78 Å². The Labute approximate surface area is 181 Å². The molecule has 1 fully saturated rings. The summed E-state index contributed by atoms with van der Waals surface area (Å²) < 4.78 is 11.7. The predicted octanol–water partition coefficient (Wildman–Crippen LogP) is 6.94. The quantitative estimate of drug-likeness (QED) is 0.422. The Balaban J connectivity index is 1.48. The average Bonchev–Trinajstić information content (AvgIpc) is 2.73. The van der Waals surface area contributed by atoms with E-state index in [0.717, 1.165) is 29.9 Å². The van der Waals surface area contributed by atoms with Crippen molar-refractivity contribution >= 4 is 5.78 Å². The minimum Gasteiger partial charge on any atom is -0.493 e. The highest BCUT2D eigenvalue weighted by Crippen LogP contribution is 2.33. The molecule has 3 rings (SSSR count). The van der Waals surface area contributed by atoms with Crippen LogP contribution in [0.1, 0.15) is 75.7 Å². The molecule has 162 valence electrons. The topological polar surface area (TPSA) is 35.5 Å². The summed E-state index contributed by atoms with van der Waals surface area (Å²) in [6.45, 7) is 9.39. The molecule has 3 nitrogen and oxygen atoms in total. The molecular weight excluding hydrogens is 372 g/mol. The Morgan fingerprint density at radius 3 is 1.80 bits per heavy atom. The number of ether oxygens (including phenoxy) is 2. The minimum absolute atomic E-state index is 0.0149. The molecule has 0 amide bonds. The summed E-state index contributed by atoms with van der Waals surface area (Å²) in [4.78, 5) is 12.7. The maximum atomic E-state index is 12.7. The molecule has 0 radical (unpaired) electrons. The number of benzene rings is 2. The molecule has 0 spiro atoms. The molecule has 2 aromatic carbocycles. The molecule has 1 saturated carbocycles. The summed E-state index contributed by atoms with van der Waals surface area (Å²) in [5, 5.41) is 0. The van der Waals surface area contributed by atoms with Crippen LogP contribution in [0.2, 0.25) is 0 Å². The second kappa shape index (κ2) is 10.7. The molecule has 0 bridgehead atoms. The molecular formula is C27H36O3. The standard InChI is InChI=1S/C27H36O3/c1-19(2)17-21-5-7-22(8-6-21)18-29-25-13-9-23(10-14-25)27(28)24-11-15-26(16-12-24)30-20(3)4/h9-16,19-22H,5-8,17-18H2,1-4H3. The summed E-state index contributed by atoms with van der Waals surface area (Å²) in [7, 11) is 0. The highest BCUT2D eigenvalue weighted by molar-refractivity contribution is 6.09. The van der Waals surface area contributed by atoms with Crippen LogP contribution in [-0.2, 0) is 0 Å². The van der Waals surface area contributed by atoms with E-state index in [1.165, 1.54) is 32.1 Å². The van der Waals surface area contributed by atoms with Crippen LogP contribution in [0.3, 0.4) is 0 Å². The lowest BCUT2D eigenvalue weighted by molar-refractivity contribution is 0.103. The first-order chi connectivity index (χ1) is 14.4. The van der Waals surface area contributed by atoms with E-state index in [2.05, 4.69) is 13.8 Å². The number of ketones is 1. The van der Waals surface area contributed by atoms with E-state index in [4.69, 9.17) is 9.47 Å². The normalized spacial score (nSPS) is 19.1. The van der Waals surface area contributed by atoms with Gasteiger partial charge in [0, 0.05) is 11.1 Å². The summed E-state index contributed by atoms with van der Waals surface area (Å²) in [5.74, 6) is 4.00. The largest absolute Gasteiger partial charge is 0.493 e. The summed E-state index contributed by atoms with van der Waals surface area (Å²) in [6.07, 6.45) is 6.68. The molecule has 30 heavy (non-hydrogen) atoms. The molecule has 1 aliphatic rings. The maximum absolute atomic E-state index is 12.7. The van der Waals surface area contributed by atoms with Gasteiger partial charge in [-0.05, 0) is 99.4 Å². The number of rotatable bonds is 9. The van der Waals surface area contributed by atoms with Crippen LogP contribution in [-0.4, -0.2) is 18.5 Å². The summed E-state index contributed by atoms with van der Waals surface area (Å²) >= 11 is 0. The van der Waals surface area contributed by atoms with Crippen LogP contribution >= 0.6 is 0 Å². The zero-order valence-electron chi connectivity index (χ0n) is 18.9. The zero-order valence-corrected chi connectivity index (χ0v) is 18.9. The van der Waals surface area contributed by atoms with Gasteiger partial charge in [-0.15, -0.1) is 0 Å². The Hall–Kier alpha value is -2.29. The summed E-state index contributed by atoms with van der Waals surface area (Å²) in [5.41, 5.74) is 1.34. The second-order valence-corrected chi connectivity index (χ2v) is 9.37. The number of carbonyl (C=O) groups excluding carboxylic acids is 1. The van der Waals surface area contributed by atoms with Gasteiger partial charge in [-0.1, -0.05) is 26.7 Å². The molecule has 2 aromatic rings. The van der Waals surface area contributed by atoms with Gasteiger partial charge in [0.1, 0.15) is 11.5 Å². The van der Waals surface area contributed by atoms with Gasteiger partial charge in [0.25, 0.3) is 0 Å². The van der Waals surface area contributed by atoms with Gasteiger partial charge in [0.05, 0.1) is 12.7 Å². The van der Waals surface area contributed by atoms with Crippen molar-refractivity contribution < 1.29 is 14.3 Å². The molecule has 0 aliphatic heterocycles. The van der Waals surface area contributed by atoms with Crippen LogP contribution in [0.4, 0.5) is 0 Å². The van der Waals surface area contributed by atoms with Gasteiger partial charge < -0.3 is 9.47 Å².